The van der Waals surface area contributed by atoms with Crippen LogP contribution in [0.15, 0.2) is 78.1 Å². The summed E-state index contributed by atoms with van der Waals surface area (Å²) in [6.45, 7) is 17.5. The van der Waals surface area contributed by atoms with Crippen molar-refractivity contribution in [3.63, 3.8) is 0 Å². The van der Waals surface area contributed by atoms with E-state index in [1.165, 1.54) is 5.57 Å². The number of carbonyl (C=O) groups excluding carboxylic acids is 3. The van der Waals surface area contributed by atoms with E-state index in [1.54, 1.807) is 6.92 Å². The smallest absolute Gasteiger partial charge is 0.412 e. The van der Waals surface area contributed by atoms with Crippen molar-refractivity contribution in [3.8, 4) is 0 Å². The summed E-state index contributed by atoms with van der Waals surface area (Å²) in [4.78, 5) is 37.2. The molecule has 0 fully saturated rings. The predicted octanol–water partition coefficient (Wildman–Crippen LogP) is 11.5. The number of alkyl carbamates (subject to hydrolysis) is 1. The largest absolute Gasteiger partial charge is 0.444 e. The van der Waals surface area contributed by atoms with Gasteiger partial charge in [-0.2, -0.15) is 0 Å². The summed E-state index contributed by atoms with van der Waals surface area (Å²) in [7, 11) is 0. The third kappa shape index (κ3) is 12.6. The van der Waals surface area contributed by atoms with Crippen molar-refractivity contribution >= 4 is 34.8 Å². The second-order valence-corrected chi connectivity index (χ2v) is 16.6. The van der Waals surface area contributed by atoms with Crippen LogP contribution in [0.2, 0.25) is 0 Å². The molecular weight excluding hydrogens is 636 g/mol. The molecule has 0 aromatic heterocycles. The van der Waals surface area contributed by atoms with E-state index < -0.39 is 23.4 Å². The number of benzene rings is 1. The first-order chi connectivity index (χ1) is 24.0. The van der Waals surface area contributed by atoms with Crippen LogP contribution in [0.25, 0.3) is 11.1 Å². The zero-order valence-corrected chi connectivity index (χ0v) is 32.4. The molecule has 7 nitrogen and oxygen atoms in total. The van der Waals surface area contributed by atoms with Crippen molar-refractivity contribution in [1.29, 1.82) is 0 Å². The average Bonchev–Trinajstić information content (AvgIpc) is 3.22. The van der Waals surface area contributed by atoms with Crippen LogP contribution in [0.5, 0.6) is 0 Å². The molecule has 2 amide bonds. The highest BCUT2D eigenvalue weighted by Gasteiger charge is 2.30. The minimum absolute atomic E-state index is 0.00594. The first-order valence-electron chi connectivity index (χ1n) is 18.8. The molecule has 1 aromatic rings. The molecule has 7 heteroatoms. The van der Waals surface area contributed by atoms with Gasteiger partial charge in [0.25, 0.3) is 0 Å². The minimum atomic E-state index is -0.618. The lowest BCUT2D eigenvalue weighted by atomic mass is 9.72. The predicted molar refractivity (Wildman–Crippen MR) is 209 cm³/mol. The molecule has 0 saturated heterocycles. The van der Waals surface area contributed by atoms with E-state index in [1.807, 2.05) is 53.7 Å². The maximum absolute atomic E-state index is 13.0. The minimum Gasteiger partial charge on any atom is -0.444 e. The maximum Gasteiger partial charge on any atom is 0.412 e. The van der Waals surface area contributed by atoms with Crippen LogP contribution < -0.4 is 10.6 Å². The average molecular weight is 697 g/mol. The van der Waals surface area contributed by atoms with Gasteiger partial charge in [-0.3, -0.25) is 10.6 Å². The van der Waals surface area contributed by atoms with Gasteiger partial charge in [0.15, 0.2) is 0 Å². The Morgan fingerprint density at radius 3 is 2.16 bits per heavy atom. The van der Waals surface area contributed by atoms with Crippen molar-refractivity contribution in [3.05, 3.63) is 89.2 Å². The van der Waals surface area contributed by atoms with Gasteiger partial charge in [-0.15, -0.1) is 0 Å². The van der Waals surface area contributed by atoms with Crippen LogP contribution in [0.3, 0.4) is 0 Å². The zero-order valence-electron chi connectivity index (χ0n) is 32.4. The summed E-state index contributed by atoms with van der Waals surface area (Å²) in [6, 6.07) is 6.06. The molecule has 0 heterocycles. The Hall–Kier alpha value is -4.13. The van der Waals surface area contributed by atoms with Gasteiger partial charge in [0.1, 0.15) is 17.0 Å². The maximum atomic E-state index is 13.0. The van der Waals surface area contributed by atoms with Crippen molar-refractivity contribution in [2.45, 2.75) is 125 Å². The van der Waals surface area contributed by atoms with Crippen LogP contribution >= 0.6 is 0 Å². The molecule has 0 saturated carbocycles. The summed E-state index contributed by atoms with van der Waals surface area (Å²) < 4.78 is 11.2. The van der Waals surface area contributed by atoms with E-state index in [2.05, 4.69) is 79.1 Å². The number of carbonyl (C=O) groups is 3. The Labute approximate surface area is 306 Å². The highest BCUT2D eigenvalue weighted by molar-refractivity contribution is 5.94. The summed E-state index contributed by atoms with van der Waals surface area (Å²) in [5.41, 5.74) is 5.59. The molecule has 0 radical (unpaired) electrons. The fraction of sp³-hybridized carbons (Fsp3) is 0.523. The molecule has 4 atom stereocenters. The van der Waals surface area contributed by atoms with Gasteiger partial charge in [-0.25, -0.2) is 9.59 Å². The molecule has 4 unspecified atom stereocenters. The van der Waals surface area contributed by atoms with Crippen LogP contribution in [-0.4, -0.2) is 29.2 Å². The zero-order chi connectivity index (χ0) is 37.3. The van der Waals surface area contributed by atoms with Gasteiger partial charge in [0, 0.05) is 23.7 Å². The van der Waals surface area contributed by atoms with Crippen molar-refractivity contribution in [1.82, 2.24) is 5.32 Å². The summed E-state index contributed by atoms with van der Waals surface area (Å²) in [6.07, 6.45) is 24.7. The Balaban J connectivity index is 1.77. The molecule has 0 aliphatic heterocycles. The Kier molecular flexibility index (Phi) is 13.5. The molecule has 51 heavy (non-hydrogen) atoms. The fourth-order valence-corrected chi connectivity index (χ4v) is 7.13. The Morgan fingerprint density at radius 2 is 1.51 bits per heavy atom. The number of unbranched alkanes of at least 4 members (excludes halogenated alkanes) is 2. The number of Topliss-reactive ketones (excluding diaryl/α,β-unsaturated/α-hetero) is 1. The second-order valence-electron chi connectivity index (χ2n) is 16.6. The monoisotopic (exact) mass is 696 g/mol. The lowest BCUT2D eigenvalue weighted by Gasteiger charge is -2.32. The lowest BCUT2D eigenvalue weighted by Crippen LogP contribution is -2.32. The molecule has 1 aromatic carbocycles. The molecule has 4 rings (SSSR count). The van der Waals surface area contributed by atoms with E-state index >= 15 is 0 Å². The number of allylic oxidation sites excluding steroid dienone is 11. The lowest BCUT2D eigenvalue weighted by molar-refractivity contribution is -0.117. The van der Waals surface area contributed by atoms with Gasteiger partial charge in [0.05, 0.1) is 0 Å². The van der Waals surface area contributed by atoms with Gasteiger partial charge in [-0.05, 0) is 138 Å². The molecule has 3 aliphatic rings. The standard InChI is InChI=1S/C44H60N2O5/c1-29(16-12-10-13-17-31(3)47)24-30(2)38-28-39(32-18-14-11-15-19-32)40-27-36(46-42(49)51-44(7,8)9)22-23-37(40)33-20-21-35(26-34(38)25-33)45-41(48)50-43(4,5)6/h14,18-23,25-30,34,38H,10-13,15-17,24H2,1-9H3,(H,45,48)(H,46,49). The van der Waals surface area contributed by atoms with E-state index in [0.29, 0.717) is 29.6 Å². The van der Waals surface area contributed by atoms with Gasteiger partial charge in [-0.1, -0.05) is 81.7 Å². The van der Waals surface area contributed by atoms with Crippen molar-refractivity contribution in [2.24, 2.45) is 23.7 Å². The molecule has 3 aliphatic carbocycles. The van der Waals surface area contributed by atoms with Crippen LogP contribution in [0.4, 0.5) is 15.3 Å². The number of rotatable bonds is 12. The van der Waals surface area contributed by atoms with E-state index in [4.69, 9.17) is 9.47 Å². The number of nitrogens with one attached hydrogen (secondary N) is 2. The summed E-state index contributed by atoms with van der Waals surface area (Å²) in [5.74, 6) is 1.19. The highest BCUT2D eigenvalue weighted by Crippen LogP contribution is 2.44. The van der Waals surface area contributed by atoms with Crippen molar-refractivity contribution in [2.75, 3.05) is 5.32 Å². The van der Waals surface area contributed by atoms with E-state index in [9.17, 15) is 14.4 Å². The molecule has 276 valence electrons. The van der Waals surface area contributed by atoms with Crippen molar-refractivity contribution < 1.29 is 23.9 Å². The first kappa shape index (κ1) is 39.7. The second kappa shape index (κ2) is 17.4. The van der Waals surface area contributed by atoms with Crippen LogP contribution in [0.1, 0.15) is 125 Å². The van der Waals surface area contributed by atoms with E-state index in [-0.39, 0.29) is 17.6 Å². The van der Waals surface area contributed by atoms with Gasteiger partial charge < -0.3 is 14.3 Å². The number of fused-ring (bicyclic) bond motifs is 3. The highest BCUT2D eigenvalue weighted by atomic mass is 16.6. The topological polar surface area (TPSA) is 93.7 Å². The normalized spacial score (nSPS) is 19.8. The molecule has 0 spiro atoms. The summed E-state index contributed by atoms with van der Waals surface area (Å²) in [5, 5.41) is 5.98. The first-order valence-corrected chi connectivity index (χ1v) is 18.8. The number of hydrogen-bond acceptors (Lipinski definition) is 5. The Morgan fingerprint density at radius 1 is 0.804 bits per heavy atom. The Bertz CT molecular complexity index is 1620. The molecule has 2 bridgehead atoms. The summed E-state index contributed by atoms with van der Waals surface area (Å²) >= 11 is 0. The third-order valence-electron chi connectivity index (χ3n) is 9.36. The fourth-order valence-electron chi connectivity index (χ4n) is 7.13. The quantitative estimate of drug-likeness (QED) is 0.212. The number of anilines is 1. The number of ketones is 1. The molecule has 2 N–H and O–H groups in total. The molecular formula is C44H60N2O5. The van der Waals surface area contributed by atoms with Gasteiger partial charge in [0.2, 0.25) is 0 Å². The van der Waals surface area contributed by atoms with Crippen LogP contribution in [0, 0.1) is 23.7 Å². The SMILES string of the molecule is CC(=O)CCCCCC(C)CC(C)C1C=C(C2=CCCC=C2)c2cc(NC(=O)OC(C)(C)C)ccc2C2=CC1C=C(NC(=O)OC(C)(C)C)C=C2. The number of amides is 2. The number of hydrogen-bond donors (Lipinski definition) is 2. The third-order valence-corrected chi connectivity index (χ3v) is 9.36. The van der Waals surface area contributed by atoms with Gasteiger partial charge >= 0.3 is 12.2 Å². The number of ether oxygens (including phenoxy) is 2. The van der Waals surface area contributed by atoms with Crippen LogP contribution in [-0.2, 0) is 14.3 Å². The van der Waals surface area contributed by atoms with E-state index in [0.717, 1.165) is 67.2 Å².